The topological polar surface area (TPSA) is 166 Å². The molecule has 3 aromatic rings. The third kappa shape index (κ3) is 8.73. The fourth-order valence-electron chi connectivity index (χ4n) is 5.14. The summed E-state index contributed by atoms with van der Waals surface area (Å²) in [4.78, 5) is 75.3. The third-order valence-corrected chi connectivity index (χ3v) is 9.93. The van der Waals surface area contributed by atoms with E-state index in [0.29, 0.717) is 17.9 Å². The van der Waals surface area contributed by atoms with Gasteiger partial charge in [0.05, 0.1) is 0 Å². The molecule has 0 radical (unpaired) electrons. The lowest BCUT2D eigenvalue weighted by molar-refractivity contribution is -0.160. The summed E-state index contributed by atoms with van der Waals surface area (Å²) in [5.74, 6) is -1.75. The van der Waals surface area contributed by atoms with Crippen molar-refractivity contribution in [2.45, 2.75) is 43.9 Å². The molecule has 3 amide bonds. The van der Waals surface area contributed by atoms with Gasteiger partial charge in [-0.2, -0.15) is 11.8 Å². The zero-order valence-corrected chi connectivity index (χ0v) is 30.1. The molecule has 2 aliphatic heterocycles. The van der Waals surface area contributed by atoms with Crippen molar-refractivity contribution in [3.63, 3.8) is 0 Å². The average Bonchev–Trinajstić information content (AvgIpc) is 3.56. The van der Waals surface area contributed by atoms with Crippen molar-refractivity contribution >= 4 is 75.9 Å². The number of hydrogen-bond donors (Lipinski definition) is 2. The number of carbonyl (C=O) groups is 5. The van der Waals surface area contributed by atoms with E-state index < -0.39 is 53.5 Å². The summed E-state index contributed by atoms with van der Waals surface area (Å²) in [6, 6.07) is 17.7. The van der Waals surface area contributed by atoms with Crippen LogP contribution in [0.4, 0.5) is 5.13 Å². The second kappa shape index (κ2) is 16.4. The van der Waals surface area contributed by atoms with Crippen molar-refractivity contribution < 1.29 is 38.3 Å². The number of carbonyl (C=O) groups excluding carboxylic acids is 5. The molecule has 2 aromatic carbocycles. The number of fused-ring (bicyclic) bond motifs is 1. The van der Waals surface area contributed by atoms with Gasteiger partial charge in [0, 0.05) is 16.9 Å². The number of β-lactam (4-membered cyclic amide) rings is 1. The third-order valence-electron chi connectivity index (χ3n) is 7.18. The number of oxime groups is 1. The number of nitrogens with zero attached hydrogens (tertiary/aromatic N) is 3. The second-order valence-corrected chi connectivity index (χ2v) is 14.8. The van der Waals surface area contributed by atoms with Gasteiger partial charge in [0.2, 0.25) is 13.0 Å². The van der Waals surface area contributed by atoms with E-state index in [4.69, 9.17) is 14.3 Å². The maximum absolute atomic E-state index is 14.0. The van der Waals surface area contributed by atoms with E-state index in [1.807, 2.05) is 66.9 Å². The van der Waals surface area contributed by atoms with Crippen LogP contribution >= 0.6 is 34.9 Å². The van der Waals surface area contributed by atoms with Gasteiger partial charge < -0.3 is 24.9 Å². The highest BCUT2D eigenvalue weighted by molar-refractivity contribution is 8.00. The second-order valence-electron chi connectivity index (χ2n) is 12.0. The van der Waals surface area contributed by atoms with E-state index in [-0.39, 0.29) is 22.2 Å². The number of aromatic nitrogens is 1. The van der Waals surface area contributed by atoms with Crippen LogP contribution in [0.2, 0.25) is 0 Å². The van der Waals surface area contributed by atoms with Crippen molar-refractivity contribution in [2.75, 3.05) is 29.7 Å². The van der Waals surface area contributed by atoms with E-state index in [1.165, 1.54) is 33.8 Å². The van der Waals surface area contributed by atoms with Crippen molar-refractivity contribution in [1.82, 2.24) is 15.2 Å². The molecule has 1 fully saturated rings. The molecule has 50 heavy (non-hydrogen) atoms. The molecule has 3 heterocycles. The molecule has 16 heteroatoms. The van der Waals surface area contributed by atoms with Crippen LogP contribution in [-0.4, -0.2) is 87.1 Å². The Morgan fingerprint density at radius 1 is 1.10 bits per heavy atom. The molecule has 13 nitrogen and oxygen atoms in total. The summed E-state index contributed by atoms with van der Waals surface area (Å²) in [5.41, 5.74) is 1.40. The number of thiazole rings is 1. The van der Waals surface area contributed by atoms with Gasteiger partial charge >= 0.3 is 11.9 Å². The van der Waals surface area contributed by atoms with Crippen LogP contribution in [-0.2, 0) is 38.3 Å². The number of esters is 2. The number of nitrogens with one attached hydrogen (secondary N) is 2. The van der Waals surface area contributed by atoms with E-state index in [9.17, 15) is 24.0 Å². The van der Waals surface area contributed by atoms with Gasteiger partial charge in [-0.1, -0.05) is 65.8 Å². The molecule has 2 aliphatic rings. The average molecular weight is 738 g/mol. The molecule has 2 atom stereocenters. The summed E-state index contributed by atoms with van der Waals surface area (Å²) in [6.07, 6.45) is 1.62. The lowest BCUT2D eigenvalue weighted by Gasteiger charge is -2.49. The molecule has 0 bridgehead atoms. The minimum absolute atomic E-state index is 0.0419. The van der Waals surface area contributed by atoms with Crippen LogP contribution < -0.4 is 10.6 Å². The Morgan fingerprint density at radius 3 is 2.36 bits per heavy atom. The first kappa shape index (κ1) is 36.6. The highest BCUT2D eigenvalue weighted by atomic mass is 32.2. The maximum atomic E-state index is 14.0. The number of ether oxygens (including phenoxy) is 2. The van der Waals surface area contributed by atoms with Crippen LogP contribution in [0.15, 0.2) is 82.5 Å². The number of rotatable bonds is 14. The molecule has 1 aromatic heterocycles. The highest BCUT2D eigenvalue weighted by Crippen LogP contribution is 2.42. The normalized spacial score (nSPS) is 17.4. The molecule has 0 spiro atoms. The van der Waals surface area contributed by atoms with E-state index in [2.05, 4.69) is 20.8 Å². The highest BCUT2D eigenvalue weighted by Gasteiger charge is 2.55. The summed E-state index contributed by atoms with van der Waals surface area (Å²) < 4.78 is 11.4. The minimum Gasteiger partial charge on any atom is -0.457 e. The number of amides is 3. The summed E-state index contributed by atoms with van der Waals surface area (Å²) in [5, 5.41) is 10.0. The molecule has 5 rings (SSSR count). The molecule has 0 saturated carbocycles. The number of thioether (sulfide) groups is 2. The Labute approximate surface area is 301 Å². The lowest BCUT2D eigenvalue weighted by Crippen LogP contribution is -2.71. The lowest BCUT2D eigenvalue weighted by atomic mass is 10.0. The van der Waals surface area contributed by atoms with E-state index in [1.54, 1.807) is 20.8 Å². The summed E-state index contributed by atoms with van der Waals surface area (Å²) >= 11 is 3.96. The first-order valence-electron chi connectivity index (χ1n) is 15.4. The zero-order valence-electron chi connectivity index (χ0n) is 27.6. The van der Waals surface area contributed by atoms with E-state index >= 15 is 0 Å². The maximum Gasteiger partial charge on any atom is 0.356 e. The molecule has 2 N–H and O–H groups in total. The Bertz CT molecular complexity index is 1750. The Kier molecular flexibility index (Phi) is 12.0. The minimum atomic E-state index is -1.02. The SMILES string of the molecule is CSCC1=C(C(=O)OC(c2ccccc2)c2ccccc2)N2C(=O)C(NC(=O)C(=NOCC(=O)OC(C)(C)C)c3csc(NC=O)n3)[C@H]2SC1. The van der Waals surface area contributed by atoms with Gasteiger partial charge in [-0.25, -0.2) is 14.6 Å². The predicted octanol–water partition coefficient (Wildman–Crippen LogP) is 4.12. The van der Waals surface area contributed by atoms with Crippen molar-refractivity contribution in [3.8, 4) is 0 Å². The summed E-state index contributed by atoms with van der Waals surface area (Å²) in [7, 11) is 0. The smallest absolute Gasteiger partial charge is 0.356 e. The summed E-state index contributed by atoms with van der Waals surface area (Å²) in [6.45, 7) is 4.50. The van der Waals surface area contributed by atoms with Crippen LogP contribution in [0.5, 0.6) is 0 Å². The van der Waals surface area contributed by atoms with Gasteiger partial charge in [-0.05, 0) is 43.7 Å². The van der Waals surface area contributed by atoms with Gasteiger partial charge in [-0.3, -0.25) is 19.3 Å². The molecule has 1 saturated heterocycles. The van der Waals surface area contributed by atoms with Crippen molar-refractivity contribution in [2.24, 2.45) is 5.16 Å². The van der Waals surface area contributed by atoms with Gasteiger partial charge in [0.25, 0.3) is 11.8 Å². The monoisotopic (exact) mass is 737 g/mol. The van der Waals surface area contributed by atoms with Crippen LogP contribution in [0.1, 0.15) is 43.7 Å². The van der Waals surface area contributed by atoms with Crippen LogP contribution in [0.3, 0.4) is 0 Å². The van der Waals surface area contributed by atoms with Gasteiger partial charge in [-0.15, -0.1) is 23.1 Å². The first-order valence-corrected chi connectivity index (χ1v) is 18.7. The molecule has 0 aliphatic carbocycles. The quantitative estimate of drug-likeness (QED) is 0.0804. The zero-order chi connectivity index (χ0) is 35.8. The number of anilines is 1. The predicted molar refractivity (Wildman–Crippen MR) is 191 cm³/mol. The van der Waals surface area contributed by atoms with Gasteiger partial charge in [0.1, 0.15) is 28.4 Å². The number of hydrogen-bond acceptors (Lipinski definition) is 13. The Hall–Kier alpha value is -4.67. The molecular formula is C34H35N5O8S3. The van der Waals surface area contributed by atoms with Gasteiger partial charge in [0.15, 0.2) is 16.9 Å². The molecule has 262 valence electrons. The largest absolute Gasteiger partial charge is 0.457 e. The van der Waals surface area contributed by atoms with Crippen LogP contribution in [0.25, 0.3) is 0 Å². The number of benzene rings is 2. The fourth-order valence-corrected chi connectivity index (χ4v) is 7.86. The molecule has 1 unspecified atom stereocenters. The fraction of sp³-hybridized carbons (Fsp3) is 0.324. The van der Waals surface area contributed by atoms with Crippen molar-refractivity contribution in [1.29, 1.82) is 0 Å². The van der Waals surface area contributed by atoms with Crippen molar-refractivity contribution in [3.05, 3.63) is 94.1 Å². The first-order chi connectivity index (χ1) is 24.0. The van der Waals surface area contributed by atoms with E-state index in [0.717, 1.165) is 28.0 Å². The standard InChI is InChI=1S/C34H35N5O8S3/c1-34(2,3)47-24(41)15-45-38-25(23-18-50-33(36-23)35-19-40)29(42)37-26-30(43)39-27(22(16-48-4)17-49-31(26)39)32(44)46-28(20-11-7-5-8-12-20)21-13-9-6-10-14-21/h5-14,18-19,26,28,31H,15-17H2,1-4H3,(H,37,42)(H,35,36,40)/t26?,31-/m1/s1. The molecular weight excluding hydrogens is 703 g/mol. The Morgan fingerprint density at radius 2 is 1.76 bits per heavy atom. The van der Waals surface area contributed by atoms with Crippen LogP contribution in [0, 0.1) is 0 Å². The Balaban J connectivity index is 1.36.